The van der Waals surface area contributed by atoms with Crippen LogP contribution in [0.4, 0.5) is 0 Å². The largest absolute Gasteiger partial charge is 0.370 e. The summed E-state index contributed by atoms with van der Waals surface area (Å²) in [5, 5.41) is 3.07. The van der Waals surface area contributed by atoms with Crippen molar-refractivity contribution in [3.05, 3.63) is 76.6 Å². The summed E-state index contributed by atoms with van der Waals surface area (Å²) in [5.74, 6) is 0.177. The van der Waals surface area contributed by atoms with E-state index in [2.05, 4.69) is 34.6 Å². The number of carbonyl (C=O) groups excluding carboxylic acids is 1. The van der Waals surface area contributed by atoms with E-state index >= 15 is 0 Å². The van der Waals surface area contributed by atoms with Gasteiger partial charge in [-0.15, -0.1) is 11.3 Å². The first-order valence-electron chi connectivity index (χ1n) is 9.24. The first-order chi connectivity index (χ1) is 13.3. The lowest BCUT2D eigenvalue weighted by Gasteiger charge is -2.33. The average Bonchev–Trinajstić information content (AvgIpc) is 3.22. The van der Waals surface area contributed by atoms with E-state index in [4.69, 9.17) is 4.74 Å². The lowest BCUT2D eigenvalue weighted by atomic mass is 10.1. The normalized spacial score (nSPS) is 17.0. The van der Waals surface area contributed by atoms with Crippen molar-refractivity contribution in [2.75, 3.05) is 19.7 Å². The average molecular weight is 378 g/mol. The number of hydrogen-bond donors (Lipinski definition) is 0. The van der Waals surface area contributed by atoms with Crippen LogP contribution in [0, 0.1) is 0 Å². The van der Waals surface area contributed by atoms with Crippen molar-refractivity contribution in [1.82, 2.24) is 9.88 Å². The number of benzene rings is 2. The van der Waals surface area contributed by atoms with E-state index in [-0.39, 0.29) is 12.0 Å². The zero-order valence-electron chi connectivity index (χ0n) is 15.1. The molecule has 0 saturated carbocycles. The van der Waals surface area contributed by atoms with E-state index in [1.165, 1.54) is 0 Å². The summed E-state index contributed by atoms with van der Waals surface area (Å²) < 4.78 is 5.86. The Bertz CT molecular complexity index is 880. The molecule has 4 nitrogen and oxygen atoms in total. The number of morpholine rings is 1. The molecule has 1 fully saturated rings. The van der Waals surface area contributed by atoms with Crippen LogP contribution in [0.25, 0.3) is 11.3 Å². The maximum Gasteiger partial charge on any atom is 0.223 e. The Labute approximate surface area is 163 Å². The highest BCUT2D eigenvalue weighted by molar-refractivity contribution is 7.09. The van der Waals surface area contributed by atoms with Crippen molar-refractivity contribution in [3.8, 4) is 11.3 Å². The van der Waals surface area contributed by atoms with E-state index < -0.39 is 0 Å². The molecule has 5 heteroatoms. The number of thiazole rings is 1. The van der Waals surface area contributed by atoms with Gasteiger partial charge in [0.05, 0.1) is 23.9 Å². The van der Waals surface area contributed by atoms with Crippen molar-refractivity contribution in [1.29, 1.82) is 0 Å². The topological polar surface area (TPSA) is 42.4 Å². The van der Waals surface area contributed by atoms with Gasteiger partial charge in [0.15, 0.2) is 0 Å². The van der Waals surface area contributed by atoms with E-state index in [0.29, 0.717) is 32.5 Å². The zero-order chi connectivity index (χ0) is 18.5. The van der Waals surface area contributed by atoms with Crippen LogP contribution in [0.1, 0.15) is 23.1 Å². The molecule has 1 aliphatic heterocycles. The summed E-state index contributed by atoms with van der Waals surface area (Å²) in [4.78, 5) is 19.3. The molecule has 0 radical (unpaired) electrons. The summed E-state index contributed by atoms with van der Waals surface area (Å²) in [6, 6.07) is 20.3. The Morgan fingerprint density at radius 2 is 1.85 bits per heavy atom. The number of amides is 1. The minimum atomic E-state index is -0.0338. The van der Waals surface area contributed by atoms with Crippen molar-refractivity contribution in [2.24, 2.45) is 0 Å². The molecule has 1 aliphatic rings. The fourth-order valence-electron chi connectivity index (χ4n) is 3.28. The van der Waals surface area contributed by atoms with E-state index in [9.17, 15) is 4.79 Å². The molecule has 0 aliphatic carbocycles. The van der Waals surface area contributed by atoms with Crippen LogP contribution in [0.5, 0.6) is 0 Å². The van der Waals surface area contributed by atoms with Crippen LogP contribution < -0.4 is 0 Å². The Morgan fingerprint density at radius 3 is 2.63 bits per heavy atom. The van der Waals surface area contributed by atoms with Crippen molar-refractivity contribution < 1.29 is 9.53 Å². The number of hydrogen-bond acceptors (Lipinski definition) is 4. The summed E-state index contributed by atoms with van der Waals surface area (Å²) in [6.45, 7) is 1.87. The molecule has 2 heterocycles. The highest BCUT2D eigenvalue weighted by atomic mass is 32.1. The van der Waals surface area contributed by atoms with Crippen LogP contribution in [-0.2, 0) is 16.0 Å². The number of aromatic nitrogens is 1. The number of aryl methyl sites for hydroxylation is 1. The molecule has 1 saturated heterocycles. The molecule has 3 aromatic rings. The molecule has 138 valence electrons. The quantitative estimate of drug-likeness (QED) is 0.663. The van der Waals surface area contributed by atoms with Gasteiger partial charge in [0.2, 0.25) is 5.91 Å². The Hall–Kier alpha value is -2.50. The second kappa shape index (κ2) is 8.46. The van der Waals surface area contributed by atoms with Gasteiger partial charge >= 0.3 is 0 Å². The predicted octanol–water partition coefficient (Wildman–Crippen LogP) is 4.34. The third-order valence-corrected chi connectivity index (χ3v) is 5.67. The predicted molar refractivity (Wildman–Crippen MR) is 108 cm³/mol. The molecule has 1 aromatic heterocycles. The lowest BCUT2D eigenvalue weighted by Crippen LogP contribution is -2.42. The van der Waals surface area contributed by atoms with Gasteiger partial charge in [-0.2, -0.15) is 0 Å². The van der Waals surface area contributed by atoms with Crippen LogP contribution in [0.3, 0.4) is 0 Å². The number of rotatable bonds is 5. The second-order valence-electron chi connectivity index (χ2n) is 6.60. The summed E-state index contributed by atoms with van der Waals surface area (Å²) in [7, 11) is 0. The number of nitrogens with zero attached hydrogens (tertiary/aromatic N) is 2. The SMILES string of the molecule is O=C(CCc1nc(-c2ccccc2)cs1)N1CCOC(c2ccccc2)C1. The van der Waals surface area contributed by atoms with E-state index in [0.717, 1.165) is 21.8 Å². The maximum atomic E-state index is 12.7. The first kappa shape index (κ1) is 17.9. The Balaban J connectivity index is 1.33. The summed E-state index contributed by atoms with van der Waals surface area (Å²) >= 11 is 1.62. The smallest absolute Gasteiger partial charge is 0.223 e. The van der Waals surface area contributed by atoms with Crippen molar-refractivity contribution in [3.63, 3.8) is 0 Å². The van der Waals surface area contributed by atoms with Crippen LogP contribution >= 0.6 is 11.3 Å². The molecule has 1 amide bonds. The second-order valence-corrected chi connectivity index (χ2v) is 7.55. The number of carbonyl (C=O) groups is 1. The van der Waals surface area contributed by atoms with E-state index in [1.807, 2.05) is 41.3 Å². The van der Waals surface area contributed by atoms with Gasteiger partial charge in [0, 0.05) is 30.3 Å². The monoisotopic (exact) mass is 378 g/mol. The van der Waals surface area contributed by atoms with Gasteiger partial charge in [0.1, 0.15) is 6.10 Å². The van der Waals surface area contributed by atoms with Gasteiger partial charge in [0.25, 0.3) is 0 Å². The Kier molecular flexibility index (Phi) is 5.61. The van der Waals surface area contributed by atoms with Gasteiger partial charge in [-0.3, -0.25) is 4.79 Å². The number of ether oxygens (including phenoxy) is 1. The molecular weight excluding hydrogens is 356 g/mol. The van der Waals surface area contributed by atoms with Gasteiger partial charge in [-0.05, 0) is 5.56 Å². The molecule has 27 heavy (non-hydrogen) atoms. The van der Waals surface area contributed by atoms with Gasteiger partial charge < -0.3 is 9.64 Å². The minimum absolute atomic E-state index is 0.0338. The minimum Gasteiger partial charge on any atom is -0.370 e. The fourth-order valence-corrected chi connectivity index (χ4v) is 4.09. The molecule has 0 spiro atoms. The standard InChI is InChI=1S/C22H22N2O2S/c25-22(24-13-14-26-20(15-24)18-9-5-2-6-10-18)12-11-21-23-19(16-27-21)17-7-3-1-4-8-17/h1-10,16,20H,11-15H2. The third-order valence-electron chi connectivity index (χ3n) is 4.76. The molecule has 0 N–H and O–H groups in total. The first-order valence-corrected chi connectivity index (χ1v) is 10.1. The van der Waals surface area contributed by atoms with Crippen LogP contribution in [0.2, 0.25) is 0 Å². The highest BCUT2D eigenvalue weighted by Gasteiger charge is 2.25. The molecule has 1 unspecified atom stereocenters. The van der Waals surface area contributed by atoms with Crippen LogP contribution in [-0.4, -0.2) is 35.5 Å². The molecule has 0 bridgehead atoms. The van der Waals surface area contributed by atoms with Gasteiger partial charge in [-0.25, -0.2) is 4.98 Å². The lowest BCUT2D eigenvalue weighted by molar-refractivity contribution is -0.139. The van der Waals surface area contributed by atoms with Crippen LogP contribution in [0.15, 0.2) is 66.0 Å². The zero-order valence-corrected chi connectivity index (χ0v) is 15.9. The van der Waals surface area contributed by atoms with Crippen molar-refractivity contribution >= 4 is 17.2 Å². The molecule has 4 rings (SSSR count). The van der Waals surface area contributed by atoms with Gasteiger partial charge in [-0.1, -0.05) is 60.7 Å². The highest BCUT2D eigenvalue weighted by Crippen LogP contribution is 2.24. The molecule has 1 atom stereocenters. The third kappa shape index (κ3) is 4.43. The summed E-state index contributed by atoms with van der Waals surface area (Å²) in [5.41, 5.74) is 3.23. The Morgan fingerprint density at radius 1 is 1.11 bits per heavy atom. The molecule has 2 aromatic carbocycles. The van der Waals surface area contributed by atoms with Crippen molar-refractivity contribution in [2.45, 2.75) is 18.9 Å². The molecular formula is C22H22N2O2S. The summed E-state index contributed by atoms with van der Waals surface area (Å²) in [6.07, 6.45) is 1.14. The van der Waals surface area contributed by atoms with E-state index in [1.54, 1.807) is 11.3 Å². The fraction of sp³-hybridized carbons (Fsp3) is 0.273. The maximum absolute atomic E-state index is 12.7.